The highest BCUT2D eigenvalue weighted by Gasteiger charge is 2.33. The van der Waals surface area contributed by atoms with Crippen molar-refractivity contribution < 1.29 is 9.90 Å². The lowest BCUT2D eigenvalue weighted by Gasteiger charge is -2.19. The summed E-state index contributed by atoms with van der Waals surface area (Å²) in [6.45, 7) is 4.02. The van der Waals surface area contributed by atoms with Gasteiger partial charge in [-0.05, 0) is 36.3 Å². The van der Waals surface area contributed by atoms with Crippen molar-refractivity contribution in [2.45, 2.75) is 39.2 Å². The first kappa shape index (κ1) is 14.1. The highest BCUT2D eigenvalue weighted by molar-refractivity contribution is 5.79. The molecule has 0 aliphatic heterocycles. The number of hydrogen-bond acceptors (Lipinski definition) is 2. The van der Waals surface area contributed by atoms with Gasteiger partial charge in [0.2, 0.25) is 5.91 Å². The van der Waals surface area contributed by atoms with Crippen LogP contribution >= 0.6 is 0 Å². The van der Waals surface area contributed by atoms with Crippen molar-refractivity contribution in [3.63, 3.8) is 0 Å². The van der Waals surface area contributed by atoms with Gasteiger partial charge >= 0.3 is 0 Å². The Balaban J connectivity index is 1.99. The Bertz CT molecular complexity index is 423. The van der Waals surface area contributed by atoms with E-state index in [1.807, 2.05) is 19.1 Å². The van der Waals surface area contributed by atoms with Crippen molar-refractivity contribution in [1.82, 2.24) is 5.32 Å². The van der Waals surface area contributed by atoms with Gasteiger partial charge in [-0.2, -0.15) is 0 Å². The first-order valence-electron chi connectivity index (χ1n) is 7.15. The molecule has 2 N–H and O–H groups in total. The van der Waals surface area contributed by atoms with Gasteiger partial charge in [0.1, 0.15) is 0 Å². The molecule has 1 aliphatic carbocycles. The molecule has 2 atom stereocenters. The van der Waals surface area contributed by atoms with E-state index in [-0.39, 0.29) is 24.5 Å². The molecular weight excluding hydrogens is 238 g/mol. The summed E-state index contributed by atoms with van der Waals surface area (Å²) in [5.41, 5.74) is 2.23. The van der Waals surface area contributed by atoms with Crippen molar-refractivity contribution in [1.29, 1.82) is 0 Å². The Morgan fingerprint density at radius 1 is 1.37 bits per heavy atom. The van der Waals surface area contributed by atoms with Crippen LogP contribution < -0.4 is 5.32 Å². The Labute approximate surface area is 115 Å². The highest BCUT2D eigenvalue weighted by atomic mass is 16.3. The standard InChI is InChI=1S/C16H23NO2/c1-3-12-4-6-14(7-5-12)15(10-18)17-16(19)11(2)13-8-9-13/h4-7,11,13,15,18H,3,8-10H2,1-2H3,(H,17,19). The van der Waals surface area contributed by atoms with Crippen LogP contribution in [0.15, 0.2) is 24.3 Å². The molecule has 0 bridgehead atoms. The highest BCUT2D eigenvalue weighted by Crippen LogP contribution is 2.36. The summed E-state index contributed by atoms with van der Waals surface area (Å²) in [6.07, 6.45) is 3.31. The molecule has 1 aromatic carbocycles. The Kier molecular flexibility index (Phi) is 4.59. The van der Waals surface area contributed by atoms with Crippen LogP contribution in [0.25, 0.3) is 0 Å². The Hall–Kier alpha value is -1.35. The fourth-order valence-corrected chi connectivity index (χ4v) is 2.33. The molecule has 0 aromatic heterocycles. The van der Waals surface area contributed by atoms with E-state index in [1.54, 1.807) is 0 Å². The summed E-state index contributed by atoms with van der Waals surface area (Å²) in [4.78, 5) is 12.1. The first-order chi connectivity index (χ1) is 9.15. The summed E-state index contributed by atoms with van der Waals surface area (Å²) in [5.74, 6) is 0.659. The van der Waals surface area contributed by atoms with Crippen molar-refractivity contribution in [3.8, 4) is 0 Å². The second kappa shape index (κ2) is 6.20. The zero-order chi connectivity index (χ0) is 13.8. The third-order valence-electron chi connectivity index (χ3n) is 4.03. The van der Waals surface area contributed by atoms with Gasteiger partial charge < -0.3 is 10.4 Å². The van der Waals surface area contributed by atoms with Crippen LogP contribution in [0.5, 0.6) is 0 Å². The zero-order valence-corrected chi connectivity index (χ0v) is 11.7. The predicted molar refractivity (Wildman–Crippen MR) is 75.7 cm³/mol. The third-order valence-corrected chi connectivity index (χ3v) is 4.03. The molecule has 1 aliphatic rings. The quantitative estimate of drug-likeness (QED) is 0.826. The van der Waals surface area contributed by atoms with E-state index in [0.29, 0.717) is 5.92 Å². The van der Waals surface area contributed by atoms with Crippen molar-refractivity contribution in [3.05, 3.63) is 35.4 Å². The average Bonchev–Trinajstić information content (AvgIpc) is 3.28. The smallest absolute Gasteiger partial charge is 0.223 e. The second-order valence-corrected chi connectivity index (χ2v) is 5.46. The molecule has 3 heteroatoms. The van der Waals surface area contributed by atoms with E-state index in [9.17, 15) is 9.90 Å². The number of aliphatic hydroxyl groups is 1. The van der Waals surface area contributed by atoms with Crippen LogP contribution in [-0.2, 0) is 11.2 Å². The molecule has 0 spiro atoms. The van der Waals surface area contributed by atoms with Crippen molar-refractivity contribution >= 4 is 5.91 Å². The normalized spacial score (nSPS) is 17.8. The van der Waals surface area contributed by atoms with Gasteiger partial charge in [-0.25, -0.2) is 0 Å². The van der Waals surface area contributed by atoms with Gasteiger partial charge in [0.05, 0.1) is 12.6 Å². The predicted octanol–water partition coefficient (Wildman–Crippen LogP) is 2.44. The van der Waals surface area contributed by atoms with Crippen molar-refractivity contribution in [2.75, 3.05) is 6.61 Å². The van der Waals surface area contributed by atoms with Gasteiger partial charge in [-0.1, -0.05) is 38.1 Å². The van der Waals surface area contributed by atoms with E-state index in [0.717, 1.165) is 24.8 Å². The van der Waals surface area contributed by atoms with E-state index in [2.05, 4.69) is 24.4 Å². The summed E-state index contributed by atoms with van der Waals surface area (Å²) < 4.78 is 0. The Morgan fingerprint density at radius 3 is 2.47 bits per heavy atom. The maximum Gasteiger partial charge on any atom is 0.223 e. The fraction of sp³-hybridized carbons (Fsp3) is 0.562. The number of nitrogens with one attached hydrogen (secondary N) is 1. The topological polar surface area (TPSA) is 49.3 Å². The monoisotopic (exact) mass is 261 g/mol. The molecule has 0 heterocycles. The maximum atomic E-state index is 12.1. The van der Waals surface area contributed by atoms with Crippen LogP contribution in [-0.4, -0.2) is 17.6 Å². The number of carbonyl (C=O) groups excluding carboxylic acids is 1. The first-order valence-corrected chi connectivity index (χ1v) is 7.15. The van der Waals surface area contributed by atoms with Crippen LogP contribution in [0.3, 0.4) is 0 Å². The van der Waals surface area contributed by atoms with Gasteiger partial charge in [0, 0.05) is 5.92 Å². The molecular formula is C16H23NO2. The fourth-order valence-electron chi connectivity index (χ4n) is 2.33. The van der Waals surface area contributed by atoms with Crippen LogP contribution in [0.2, 0.25) is 0 Å². The van der Waals surface area contributed by atoms with Gasteiger partial charge in [0.15, 0.2) is 0 Å². The minimum Gasteiger partial charge on any atom is -0.394 e. The Morgan fingerprint density at radius 2 is 2.00 bits per heavy atom. The molecule has 1 fully saturated rings. The number of amides is 1. The number of aliphatic hydroxyl groups excluding tert-OH is 1. The van der Waals surface area contributed by atoms with Gasteiger partial charge in [-0.15, -0.1) is 0 Å². The molecule has 2 rings (SSSR count). The summed E-state index contributed by atoms with van der Waals surface area (Å²) in [6, 6.07) is 7.78. The molecule has 19 heavy (non-hydrogen) atoms. The SMILES string of the molecule is CCc1ccc(C(CO)NC(=O)C(C)C2CC2)cc1. The van der Waals surface area contributed by atoms with E-state index < -0.39 is 0 Å². The molecule has 0 saturated heterocycles. The molecule has 3 nitrogen and oxygen atoms in total. The lowest BCUT2D eigenvalue weighted by atomic mass is 10.0. The molecule has 104 valence electrons. The minimum atomic E-state index is -0.292. The third kappa shape index (κ3) is 3.57. The molecule has 1 amide bonds. The average molecular weight is 261 g/mol. The zero-order valence-electron chi connectivity index (χ0n) is 11.7. The number of benzene rings is 1. The van der Waals surface area contributed by atoms with Gasteiger partial charge in [0.25, 0.3) is 0 Å². The molecule has 2 unspecified atom stereocenters. The summed E-state index contributed by atoms with van der Waals surface area (Å²) >= 11 is 0. The van der Waals surface area contributed by atoms with Crippen LogP contribution in [0.4, 0.5) is 0 Å². The largest absolute Gasteiger partial charge is 0.394 e. The second-order valence-electron chi connectivity index (χ2n) is 5.46. The number of rotatable bonds is 6. The molecule has 1 saturated carbocycles. The number of hydrogen-bond donors (Lipinski definition) is 2. The van der Waals surface area contributed by atoms with Gasteiger partial charge in [-0.3, -0.25) is 4.79 Å². The number of carbonyl (C=O) groups is 1. The van der Waals surface area contributed by atoms with Crippen LogP contribution in [0, 0.1) is 11.8 Å². The minimum absolute atomic E-state index is 0.0566. The lowest BCUT2D eigenvalue weighted by Crippen LogP contribution is -2.35. The van der Waals surface area contributed by atoms with E-state index in [4.69, 9.17) is 0 Å². The maximum absolute atomic E-state index is 12.1. The van der Waals surface area contributed by atoms with Crippen LogP contribution in [0.1, 0.15) is 43.9 Å². The lowest BCUT2D eigenvalue weighted by molar-refractivity contribution is -0.126. The van der Waals surface area contributed by atoms with Crippen molar-refractivity contribution in [2.24, 2.45) is 11.8 Å². The van der Waals surface area contributed by atoms with E-state index in [1.165, 1.54) is 5.56 Å². The summed E-state index contributed by atoms with van der Waals surface area (Å²) in [5, 5.41) is 12.4. The number of aryl methyl sites for hydroxylation is 1. The molecule has 1 aromatic rings. The van der Waals surface area contributed by atoms with E-state index >= 15 is 0 Å². The summed E-state index contributed by atoms with van der Waals surface area (Å²) in [7, 11) is 0. The molecule has 0 radical (unpaired) electrons.